The molecule has 0 radical (unpaired) electrons. The minimum Gasteiger partial charge on any atom is -0.378 e. The summed E-state index contributed by atoms with van der Waals surface area (Å²) in [7, 11) is 1.87. The fourth-order valence-electron chi connectivity index (χ4n) is 2.89. The first-order valence-corrected chi connectivity index (χ1v) is 7.41. The molecule has 0 aromatic carbocycles. The minimum atomic E-state index is -0.392. The number of hydrogen-bond acceptors (Lipinski definition) is 3. The molecule has 0 aromatic heterocycles. The lowest BCUT2D eigenvalue weighted by Gasteiger charge is -2.55. The molecule has 1 aliphatic rings. The number of hydrogen-bond donors (Lipinski definition) is 1. The van der Waals surface area contributed by atoms with Gasteiger partial charge in [0.15, 0.2) is 0 Å². The van der Waals surface area contributed by atoms with Gasteiger partial charge in [-0.05, 0) is 19.3 Å². The Kier molecular flexibility index (Phi) is 7.50. The molecule has 1 rings (SSSR count). The molecular weight excluding hydrogens is 276 g/mol. The number of ether oxygens (including phenoxy) is 1. The number of rotatable bonds is 6. The third kappa shape index (κ3) is 3.66. The van der Waals surface area contributed by atoms with Gasteiger partial charge in [0, 0.05) is 25.1 Å². The van der Waals surface area contributed by atoms with Gasteiger partial charge in [-0.1, -0.05) is 34.1 Å². The summed E-state index contributed by atoms with van der Waals surface area (Å²) >= 11 is 0. The number of carbonyl (C=O) groups excluding carboxylic acids is 1. The third-order valence-corrected chi connectivity index (χ3v) is 4.85. The van der Waals surface area contributed by atoms with Crippen molar-refractivity contribution < 1.29 is 9.53 Å². The van der Waals surface area contributed by atoms with Crippen LogP contribution in [0.4, 0.5) is 0 Å². The zero-order valence-corrected chi connectivity index (χ0v) is 14.5. The average molecular weight is 307 g/mol. The van der Waals surface area contributed by atoms with Crippen LogP contribution >= 0.6 is 12.4 Å². The number of nitrogens with two attached hydrogens (primary N) is 1. The highest BCUT2D eigenvalue weighted by molar-refractivity contribution is 5.85. The summed E-state index contributed by atoms with van der Waals surface area (Å²) in [5.41, 5.74) is 6.06. The maximum atomic E-state index is 12.4. The van der Waals surface area contributed by atoms with Crippen molar-refractivity contribution in [2.24, 2.45) is 17.1 Å². The summed E-state index contributed by atoms with van der Waals surface area (Å²) in [6, 6.07) is -0.163. The fraction of sp³-hybridized carbons (Fsp3) is 0.933. The van der Waals surface area contributed by atoms with E-state index in [-0.39, 0.29) is 41.8 Å². The van der Waals surface area contributed by atoms with Crippen LogP contribution in [-0.2, 0) is 9.53 Å². The Labute approximate surface area is 129 Å². The van der Waals surface area contributed by atoms with Crippen LogP contribution < -0.4 is 5.73 Å². The van der Waals surface area contributed by atoms with Crippen LogP contribution in [0.5, 0.6) is 0 Å². The molecule has 5 heteroatoms. The van der Waals surface area contributed by atoms with Gasteiger partial charge in [0.1, 0.15) is 0 Å². The maximum Gasteiger partial charge on any atom is 0.239 e. The van der Waals surface area contributed by atoms with Crippen molar-refractivity contribution in [2.75, 3.05) is 13.7 Å². The molecule has 0 aliphatic heterocycles. The van der Waals surface area contributed by atoms with Gasteiger partial charge in [-0.2, -0.15) is 0 Å². The molecule has 1 fully saturated rings. The van der Waals surface area contributed by atoms with Crippen molar-refractivity contribution in [3.05, 3.63) is 0 Å². The minimum absolute atomic E-state index is 0. The van der Waals surface area contributed by atoms with E-state index in [1.807, 2.05) is 25.8 Å². The van der Waals surface area contributed by atoms with Crippen molar-refractivity contribution in [3.8, 4) is 0 Å². The summed E-state index contributed by atoms with van der Waals surface area (Å²) in [6.07, 6.45) is 2.09. The Morgan fingerprint density at radius 2 is 2.00 bits per heavy atom. The molecule has 0 aromatic rings. The van der Waals surface area contributed by atoms with E-state index < -0.39 is 6.04 Å². The zero-order chi connectivity index (χ0) is 14.8. The number of amides is 1. The molecule has 0 bridgehead atoms. The molecule has 20 heavy (non-hydrogen) atoms. The van der Waals surface area contributed by atoms with Gasteiger partial charge in [-0.3, -0.25) is 4.79 Å². The summed E-state index contributed by atoms with van der Waals surface area (Å²) in [6.45, 7) is 11.2. The van der Waals surface area contributed by atoms with Crippen LogP contribution in [0.2, 0.25) is 0 Å². The van der Waals surface area contributed by atoms with E-state index in [4.69, 9.17) is 10.5 Å². The van der Waals surface area contributed by atoms with Crippen LogP contribution in [0.3, 0.4) is 0 Å². The molecular formula is C15H31ClN2O2. The Balaban J connectivity index is 0.00000361. The number of halogens is 1. The molecule has 1 aliphatic carbocycles. The van der Waals surface area contributed by atoms with E-state index >= 15 is 0 Å². The summed E-state index contributed by atoms with van der Waals surface area (Å²) < 4.78 is 5.71. The maximum absolute atomic E-state index is 12.4. The molecule has 4 atom stereocenters. The van der Waals surface area contributed by atoms with Crippen LogP contribution in [-0.4, -0.2) is 42.6 Å². The molecule has 1 amide bonds. The van der Waals surface area contributed by atoms with Crippen LogP contribution in [0.25, 0.3) is 0 Å². The van der Waals surface area contributed by atoms with E-state index in [2.05, 4.69) is 20.8 Å². The lowest BCUT2D eigenvalue weighted by molar-refractivity contribution is -0.165. The number of nitrogens with zero attached hydrogens (tertiary/aromatic N) is 1. The second kappa shape index (κ2) is 7.62. The van der Waals surface area contributed by atoms with Crippen molar-refractivity contribution in [1.82, 2.24) is 4.90 Å². The highest BCUT2D eigenvalue weighted by Gasteiger charge is 2.52. The molecule has 0 saturated heterocycles. The van der Waals surface area contributed by atoms with Gasteiger partial charge in [0.2, 0.25) is 5.91 Å². The molecule has 2 N–H and O–H groups in total. The largest absolute Gasteiger partial charge is 0.378 e. The molecule has 4 unspecified atom stereocenters. The van der Waals surface area contributed by atoms with Crippen LogP contribution in [0.15, 0.2) is 0 Å². The van der Waals surface area contributed by atoms with Crippen molar-refractivity contribution >= 4 is 18.3 Å². The lowest BCUT2D eigenvalue weighted by Crippen LogP contribution is -2.64. The Morgan fingerprint density at radius 3 is 2.40 bits per heavy atom. The van der Waals surface area contributed by atoms with E-state index in [1.165, 1.54) is 0 Å². The van der Waals surface area contributed by atoms with E-state index in [9.17, 15) is 4.79 Å². The standard InChI is InChI=1S/C15H30N2O2.ClH/c1-7-10(3)13(16)14(18)17(6)11-9-12(19-8-2)15(11,4)5;/h10-13H,7-9,16H2,1-6H3;1H. The van der Waals surface area contributed by atoms with E-state index in [0.29, 0.717) is 0 Å². The molecule has 1 saturated carbocycles. The smallest absolute Gasteiger partial charge is 0.239 e. The Morgan fingerprint density at radius 1 is 1.45 bits per heavy atom. The summed E-state index contributed by atoms with van der Waals surface area (Å²) in [5, 5.41) is 0. The number of carbonyl (C=O) groups is 1. The van der Waals surface area contributed by atoms with E-state index in [0.717, 1.165) is 19.4 Å². The highest BCUT2D eigenvalue weighted by Crippen LogP contribution is 2.45. The lowest BCUT2D eigenvalue weighted by atomic mass is 9.63. The van der Waals surface area contributed by atoms with Crippen LogP contribution in [0, 0.1) is 11.3 Å². The Bertz CT molecular complexity index is 323. The highest BCUT2D eigenvalue weighted by atomic mass is 35.5. The zero-order valence-electron chi connectivity index (χ0n) is 13.7. The number of likely N-dealkylation sites (N-methyl/N-ethyl adjacent to an activating group) is 1. The first-order chi connectivity index (χ1) is 8.77. The first-order valence-electron chi connectivity index (χ1n) is 7.41. The second-order valence-electron chi connectivity index (χ2n) is 6.38. The van der Waals surface area contributed by atoms with E-state index in [1.54, 1.807) is 0 Å². The van der Waals surface area contributed by atoms with Crippen molar-refractivity contribution in [1.29, 1.82) is 0 Å². The summed E-state index contributed by atoms with van der Waals surface area (Å²) in [4.78, 5) is 14.2. The fourth-order valence-corrected chi connectivity index (χ4v) is 2.89. The second-order valence-corrected chi connectivity index (χ2v) is 6.38. The molecule has 0 spiro atoms. The van der Waals surface area contributed by atoms with Crippen molar-refractivity contribution in [3.63, 3.8) is 0 Å². The van der Waals surface area contributed by atoms with Gasteiger partial charge in [0.25, 0.3) is 0 Å². The van der Waals surface area contributed by atoms with Gasteiger partial charge in [0.05, 0.1) is 12.1 Å². The normalized spacial score (nSPS) is 26.9. The molecule has 120 valence electrons. The van der Waals surface area contributed by atoms with Gasteiger partial charge < -0.3 is 15.4 Å². The first kappa shape index (κ1) is 19.7. The predicted molar refractivity (Wildman–Crippen MR) is 85.0 cm³/mol. The monoisotopic (exact) mass is 306 g/mol. The average Bonchev–Trinajstić information content (AvgIpc) is 2.39. The van der Waals surface area contributed by atoms with Gasteiger partial charge >= 0.3 is 0 Å². The van der Waals surface area contributed by atoms with Crippen molar-refractivity contribution in [2.45, 2.75) is 65.6 Å². The SMILES string of the molecule is CCOC1CC(N(C)C(=O)C(N)C(C)CC)C1(C)C.Cl. The quantitative estimate of drug-likeness (QED) is 0.820. The third-order valence-electron chi connectivity index (χ3n) is 4.85. The van der Waals surface area contributed by atoms with Crippen LogP contribution in [0.1, 0.15) is 47.5 Å². The topological polar surface area (TPSA) is 55.6 Å². The molecule has 4 nitrogen and oxygen atoms in total. The predicted octanol–water partition coefficient (Wildman–Crippen LogP) is 2.44. The van der Waals surface area contributed by atoms with Gasteiger partial charge in [-0.15, -0.1) is 12.4 Å². The Hall–Kier alpha value is -0.320. The van der Waals surface area contributed by atoms with Gasteiger partial charge in [-0.25, -0.2) is 0 Å². The molecule has 0 heterocycles. The summed E-state index contributed by atoms with van der Waals surface area (Å²) in [5.74, 6) is 0.281.